The standard InChI is InChI=1S/C18H22N2O2.ClH/c1-20(16-8-10-19-11-9-16)18(21)13-22-17-7-6-14-4-2-3-5-15(14)12-17;/h2-7,12,16,19H,8-11,13H2,1H3;1H. The fourth-order valence-electron chi connectivity index (χ4n) is 2.90. The number of amides is 1. The molecule has 0 radical (unpaired) electrons. The van der Waals surface area contributed by atoms with Crippen LogP contribution in [0.4, 0.5) is 0 Å². The van der Waals surface area contributed by atoms with Crippen LogP contribution in [0.1, 0.15) is 12.8 Å². The molecule has 0 spiro atoms. The van der Waals surface area contributed by atoms with Crippen LogP contribution in [0.15, 0.2) is 42.5 Å². The quantitative estimate of drug-likeness (QED) is 0.934. The number of nitrogens with one attached hydrogen (secondary N) is 1. The number of nitrogens with zero attached hydrogens (tertiary/aromatic N) is 1. The van der Waals surface area contributed by atoms with E-state index in [0.717, 1.165) is 37.1 Å². The molecule has 1 aliphatic rings. The summed E-state index contributed by atoms with van der Waals surface area (Å²) >= 11 is 0. The lowest BCUT2D eigenvalue weighted by Gasteiger charge is -2.31. The van der Waals surface area contributed by atoms with Gasteiger partial charge in [0.15, 0.2) is 6.61 Å². The molecule has 1 aliphatic heterocycles. The topological polar surface area (TPSA) is 41.6 Å². The van der Waals surface area contributed by atoms with E-state index in [1.54, 1.807) is 0 Å². The maximum Gasteiger partial charge on any atom is 0.260 e. The van der Waals surface area contributed by atoms with Crippen LogP contribution >= 0.6 is 12.4 Å². The van der Waals surface area contributed by atoms with Crippen molar-refractivity contribution in [2.75, 3.05) is 26.7 Å². The first-order chi connectivity index (χ1) is 10.7. The van der Waals surface area contributed by atoms with Crippen molar-refractivity contribution < 1.29 is 9.53 Å². The van der Waals surface area contributed by atoms with Crippen LogP contribution in [0.3, 0.4) is 0 Å². The number of rotatable bonds is 4. The number of carbonyl (C=O) groups excluding carboxylic acids is 1. The molecular weight excluding hydrogens is 312 g/mol. The van der Waals surface area contributed by atoms with Gasteiger partial charge in [-0.2, -0.15) is 0 Å². The Labute approximate surface area is 143 Å². The molecule has 23 heavy (non-hydrogen) atoms. The second-order valence-electron chi connectivity index (χ2n) is 5.78. The third-order valence-electron chi connectivity index (χ3n) is 4.33. The second kappa shape index (κ2) is 8.18. The van der Waals surface area contributed by atoms with E-state index in [0.29, 0.717) is 6.04 Å². The summed E-state index contributed by atoms with van der Waals surface area (Å²) < 4.78 is 5.68. The summed E-state index contributed by atoms with van der Waals surface area (Å²) in [5, 5.41) is 5.61. The second-order valence-corrected chi connectivity index (χ2v) is 5.78. The van der Waals surface area contributed by atoms with Crippen LogP contribution in [0.25, 0.3) is 10.8 Å². The SMILES string of the molecule is CN(C(=O)COc1ccc2ccccc2c1)C1CCNCC1.Cl. The van der Waals surface area contributed by atoms with Gasteiger partial charge in [-0.05, 0) is 48.8 Å². The highest BCUT2D eigenvalue weighted by molar-refractivity contribution is 5.85. The summed E-state index contributed by atoms with van der Waals surface area (Å²) in [6, 6.07) is 14.4. The van der Waals surface area contributed by atoms with Crippen LogP contribution in [-0.2, 0) is 4.79 Å². The molecule has 5 heteroatoms. The molecule has 124 valence electrons. The van der Waals surface area contributed by atoms with E-state index in [2.05, 4.69) is 11.4 Å². The fourth-order valence-corrected chi connectivity index (χ4v) is 2.90. The molecule has 1 saturated heterocycles. The Bertz CT molecular complexity index is 656. The Hall–Kier alpha value is -1.78. The molecule has 0 aliphatic carbocycles. The highest BCUT2D eigenvalue weighted by Crippen LogP contribution is 2.20. The zero-order valence-electron chi connectivity index (χ0n) is 13.3. The van der Waals surface area contributed by atoms with Crippen LogP contribution < -0.4 is 10.1 Å². The molecule has 1 amide bonds. The summed E-state index contributed by atoms with van der Waals surface area (Å²) in [6.07, 6.45) is 2.02. The molecule has 1 N–H and O–H groups in total. The van der Waals surface area contributed by atoms with Gasteiger partial charge < -0.3 is 15.0 Å². The van der Waals surface area contributed by atoms with Gasteiger partial charge in [0, 0.05) is 13.1 Å². The van der Waals surface area contributed by atoms with E-state index >= 15 is 0 Å². The van der Waals surface area contributed by atoms with Crippen molar-refractivity contribution in [1.82, 2.24) is 10.2 Å². The highest BCUT2D eigenvalue weighted by atomic mass is 35.5. The third kappa shape index (κ3) is 4.36. The van der Waals surface area contributed by atoms with E-state index < -0.39 is 0 Å². The Morgan fingerprint density at radius 2 is 1.87 bits per heavy atom. The maximum atomic E-state index is 12.3. The molecule has 0 atom stereocenters. The van der Waals surface area contributed by atoms with Crippen molar-refractivity contribution in [3.8, 4) is 5.75 Å². The van der Waals surface area contributed by atoms with Gasteiger partial charge in [-0.25, -0.2) is 0 Å². The first-order valence-electron chi connectivity index (χ1n) is 7.82. The minimum Gasteiger partial charge on any atom is -0.484 e. The lowest BCUT2D eigenvalue weighted by Crippen LogP contribution is -2.45. The first kappa shape index (κ1) is 17.6. The summed E-state index contributed by atoms with van der Waals surface area (Å²) in [7, 11) is 1.88. The van der Waals surface area contributed by atoms with Gasteiger partial charge >= 0.3 is 0 Å². The molecule has 0 unspecified atom stereocenters. The Morgan fingerprint density at radius 1 is 1.17 bits per heavy atom. The van der Waals surface area contributed by atoms with Crippen molar-refractivity contribution in [3.63, 3.8) is 0 Å². The zero-order chi connectivity index (χ0) is 15.4. The number of hydrogen-bond donors (Lipinski definition) is 1. The Balaban J connectivity index is 0.00000192. The van der Waals surface area contributed by atoms with Gasteiger partial charge in [-0.1, -0.05) is 30.3 Å². The van der Waals surface area contributed by atoms with Gasteiger partial charge in [0.25, 0.3) is 5.91 Å². The van der Waals surface area contributed by atoms with Crippen LogP contribution in [0.2, 0.25) is 0 Å². The zero-order valence-corrected chi connectivity index (χ0v) is 14.1. The molecule has 3 rings (SSSR count). The molecule has 0 bridgehead atoms. The van der Waals surface area contributed by atoms with E-state index in [4.69, 9.17) is 4.74 Å². The number of likely N-dealkylation sites (N-methyl/N-ethyl adjacent to an activating group) is 1. The molecule has 1 heterocycles. The molecule has 4 nitrogen and oxygen atoms in total. The summed E-state index contributed by atoms with van der Waals surface area (Å²) in [5.41, 5.74) is 0. The van der Waals surface area contributed by atoms with E-state index in [9.17, 15) is 4.79 Å². The number of fused-ring (bicyclic) bond motifs is 1. The monoisotopic (exact) mass is 334 g/mol. The number of carbonyl (C=O) groups is 1. The molecule has 2 aromatic rings. The van der Waals surface area contributed by atoms with Gasteiger partial charge in [-0.15, -0.1) is 12.4 Å². The van der Waals surface area contributed by atoms with Gasteiger partial charge in [0.05, 0.1) is 0 Å². The average Bonchev–Trinajstić information content (AvgIpc) is 2.59. The van der Waals surface area contributed by atoms with E-state index in [1.807, 2.05) is 48.3 Å². The van der Waals surface area contributed by atoms with E-state index in [-0.39, 0.29) is 24.9 Å². The van der Waals surface area contributed by atoms with Crippen molar-refractivity contribution >= 4 is 29.1 Å². The molecule has 0 aromatic heterocycles. The average molecular weight is 335 g/mol. The predicted octanol–water partition coefficient (Wildman–Crippen LogP) is 2.85. The largest absolute Gasteiger partial charge is 0.484 e. The summed E-state index contributed by atoms with van der Waals surface area (Å²) in [6.45, 7) is 2.06. The first-order valence-corrected chi connectivity index (χ1v) is 7.82. The van der Waals surface area contributed by atoms with Gasteiger partial charge in [0.1, 0.15) is 5.75 Å². The minimum absolute atomic E-state index is 0. The third-order valence-corrected chi connectivity index (χ3v) is 4.33. The van der Waals surface area contributed by atoms with Gasteiger partial charge in [0.2, 0.25) is 0 Å². The minimum atomic E-state index is 0. The van der Waals surface area contributed by atoms with Gasteiger partial charge in [-0.3, -0.25) is 4.79 Å². The maximum absolute atomic E-state index is 12.3. The highest BCUT2D eigenvalue weighted by Gasteiger charge is 2.21. The lowest BCUT2D eigenvalue weighted by molar-refractivity contribution is -0.134. The summed E-state index contributed by atoms with van der Waals surface area (Å²) in [5.74, 6) is 0.783. The van der Waals surface area contributed by atoms with Crippen molar-refractivity contribution in [3.05, 3.63) is 42.5 Å². The molecule has 1 fully saturated rings. The van der Waals surface area contributed by atoms with Crippen LogP contribution in [0, 0.1) is 0 Å². The number of hydrogen-bond acceptors (Lipinski definition) is 3. The number of piperidine rings is 1. The number of benzene rings is 2. The Kier molecular flexibility index (Phi) is 6.25. The predicted molar refractivity (Wildman–Crippen MR) is 95.4 cm³/mol. The molecular formula is C18H23ClN2O2. The lowest BCUT2D eigenvalue weighted by atomic mass is 10.1. The molecule has 2 aromatic carbocycles. The Morgan fingerprint density at radius 3 is 2.61 bits per heavy atom. The number of halogens is 1. The number of ether oxygens (including phenoxy) is 1. The van der Waals surface area contributed by atoms with E-state index in [1.165, 1.54) is 5.39 Å². The smallest absolute Gasteiger partial charge is 0.260 e. The van der Waals surface area contributed by atoms with Crippen molar-refractivity contribution in [2.24, 2.45) is 0 Å². The van der Waals surface area contributed by atoms with Crippen LogP contribution in [-0.4, -0.2) is 43.6 Å². The van der Waals surface area contributed by atoms with Crippen molar-refractivity contribution in [1.29, 1.82) is 0 Å². The normalized spacial score (nSPS) is 15.0. The molecule has 0 saturated carbocycles. The summed E-state index contributed by atoms with van der Waals surface area (Å²) in [4.78, 5) is 14.1. The fraction of sp³-hybridized carbons (Fsp3) is 0.389. The van der Waals surface area contributed by atoms with Crippen LogP contribution in [0.5, 0.6) is 5.75 Å². The van der Waals surface area contributed by atoms with Crippen molar-refractivity contribution in [2.45, 2.75) is 18.9 Å².